The van der Waals surface area contributed by atoms with E-state index in [-0.39, 0.29) is 17.6 Å². The first-order valence-electron chi connectivity index (χ1n) is 8.12. The zero-order valence-electron chi connectivity index (χ0n) is 15.5. The minimum atomic E-state index is -0.231. The van der Waals surface area contributed by atoms with Crippen LogP contribution in [0.15, 0.2) is 10.7 Å². The van der Waals surface area contributed by atoms with E-state index in [2.05, 4.69) is 41.7 Å². The third-order valence-electron chi connectivity index (χ3n) is 4.05. The minimum absolute atomic E-state index is 0.0890. The van der Waals surface area contributed by atoms with Gasteiger partial charge in [0.1, 0.15) is 5.76 Å². The quantitative estimate of drug-likeness (QED) is 0.900. The van der Waals surface area contributed by atoms with Crippen LogP contribution in [0, 0.1) is 20.8 Å². The van der Waals surface area contributed by atoms with Crippen molar-refractivity contribution in [1.82, 2.24) is 25.6 Å². The van der Waals surface area contributed by atoms with Gasteiger partial charge >= 0.3 is 6.03 Å². The van der Waals surface area contributed by atoms with Crippen molar-refractivity contribution in [2.75, 3.05) is 0 Å². The number of hydrogen-bond acceptors (Lipinski definition) is 4. The van der Waals surface area contributed by atoms with Crippen molar-refractivity contribution in [3.63, 3.8) is 0 Å². The Labute approximate surface area is 142 Å². The van der Waals surface area contributed by atoms with Gasteiger partial charge in [-0.3, -0.25) is 4.68 Å². The van der Waals surface area contributed by atoms with E-state index < -0.39 is 0 Å². The molecular weight excluding hydrogens is 306 g/mol. The lowest BCUT2D eigenvalue weighted by Gasteiger charge is -2.19. The number of carbonyl (C=O) groups excluding carboxylic acids is 1. The van der Waals surface area contributed by atoms with Crippen molar-refractivity contribution in [3.05, 3.63) is 34.5 Å². The lowest BCUT2D eigenvalue weighted by Crippen LogP contribution is -2.36. The molecule has 0 aliphatic carbocycles. The first-order valence-corrected chi connectivity index (χ1v) is 8.12. The number of hydrogen-bond donors (Lipinski definition) is 2. The average Bonchev–Trinajstić information content (AvgIpc) is 3.00. The zero-order valence-corrected chi connectivity index (χ0v) is 15.5. The second kappa shape index (κ2) is 6.67. The third-order valence-corrected chi connectivity index (χ3v) is 4.05. The molecule has 0 aliphatic heterocycles. The summed E-state index contributed by atoms with van der Waals surface area (Å²) in [4.78, 5) is 12.2. The summed E-state index contributed by atoms with van der Waals surface area (Å²) >= 11 is 0. The van der Waals surface area contributed by atoms with Gasteiger partial charge in [0.05, 0.1) is 23.0 Å². The van der Waals surface area contributed by atoms with Crippen molar-refractivity contribution in [2.45, 2.75) is 66.6 Å². The molecule has 0 fully saturated rings. The van der Waals surface area contributed by atoms with Crippen molar-refractivity contribution in [3.8, 4) is 0 Å². The molecule has 0 aromatic carbocycles. The number of rotatable bonds is 4. The molecule has 2 N–H and O–H groups in total. The molecule has 0 saturated heterocycles. The maximum atomic E-state index is 12.2. The first-order chi connectivity index (χ1) is 11.1. The molecule has 2 aromatic heterocycles. The monoisotopic (exact) mass is 333 g/mol. The Bertz CT molecular complexity index is 704. The topological polar surface area (TPSA) is 85.0 Å². The molecule has 1 atom stereocenters. The van der Waals surface area contributed by atoms with Crippen LogP contribution >= 0.6 is 0 Å². The molecule has 7 nitrogen and oxygen atoms in total. The zero-order chi connectivity index (χ0) is 18.1. The summed E-state index contributed by atoms with van der Waals surface area (Å²) in [6.07, 6.45) is 1.99. The SMILES string of the molecule is Cc1nn(C(C)(C)C)cc1[C@@H](C)NC(=O)NCc1c(C)noc1C. The Morgan fingerprint density at radius 3 is 2.46 bits per heavy atom. The van der Waals surface area contributed by atoms with E-state index in [1.165, 1.54) is 0 Å². The van der Waals surface area contributed by atoms with E-state index in [0.29, 0.717) is 6.54 Å². The van der Waals surface area contributed by atoms with Gasteiger partial charge in [0.15, 0.2) is 0 Å². The van der Waals surface area contributed by atoms with Crippen molar-refractivity contribution >= 4 is 6.03 Å². The fourth-order valence-corrected chi connectivity index (χ4v) is 2.49. The van der Waals surface area contributed by atoms with Crippen LogP contribution in [0.1, 0.15) is 62.0 Å². The molecule has 2 amide bonds. The van der Waals surface area contributed by atoms with Gasteiger partial charge in [-0.25, -0.2) is 4.79 Å². The van der Waals surface area contributed by atoms with Crippen LogP contribution in [0.2, 0.25) is 0 Å². The number of carbonyl (C=O) groups is 1. The standard InChI is InChI=1S/C17H27N5O2/c1-10(15-9-22(17(5,6)7)20-11(15)2)19-16(23)18-8-14-12(3)21-24-13(14)4/h9-10H,8H2,1-7H3,(H2,18,19,23)/t10-/m1/s1. The van der Waals surface area contributed by atoms with Gasteiger partial charge < -0.3 is 15.2 Å². The molecule has 0 radical (unpaired) electrons. The summed E-state index contributed by atoms with van der Waals surface area (Å²) in [5, 5.41) is 14.2. The van der Waals surface area contributed by atoms with Crippen LogP contribution in [0.4, 0.5) is 4.79 Å². The molecule has 7 heteroatoms. The second-order valence-electron chi connectivity index (χ2n) is 7.14. The fourth-order valence-electron chi connectivity index (χ4n) is 2.49. The van der Waals surface area contributed by atoms with Crippen LogP contribution < -0.4 is 10.6 Å². The highest BCUT2D eigenvalue weighted by Gasteiger charge is 2.20. The number of aryl methyl sites for hydroxylation is 3. The third kappa shape index (κ3) is 3.96. The lowest BCUT2D eigenvalue weighted by molar-refractivity contribution is 0.237. The summed E-state index contributed by atoms with van der Waals surface area (Å²) in [7, 11) is 0. The van der Waals surface area contributed by atoms with E-state index in [9.17, 15) is 4.79 Å². The van der Waals surface area contributed by atoms with Crippen LogP contribution in [0.25, 0.3) is 0 Å². The van der Waals surface area contributed by atoms with Gasteiger partial charge in [-0.2, -0.15) is 5.10 Å². The number of urea groups is 1. The molecule has 2 aromatic rings. The Kier molecular flexibility index (Phi) is 5.01. The number of nitrogens with zero attached hydrogens (tertiary/aromatic N) is 3. The molecule has 0 aliphatic rings. The van der Waals surface area contributed by atoms with Gasteiger partial charge in [-0.15, -0.1) is 0 Å². The number of nitrogens with one attached hydrogen (secondary N) is 2. The summed E-state index contributed by atoms with van der Waals surface area (Å²) in [5.41, 5.74) is 3.55. The lowest BCUT2D eigenvalue weighted by atomic mass is 10.1. The molecule has 24 heavy (non-hydrogen) atoms. The molecule has 132 valence electrons. The van der Waals surface area contributed by atoms with Gasteiger partial charge in [0.2, 0.25) is 0 Å². The molecule has 0 unspecified atom stereocenters. The second-order valence-corrected chi connectivity index (χ2v) is 7.14. The average molecular weight is 333 g/mol. The minimum Gasteiger partial charge on any atom is -0.361 e. The number of aromatic nitrogens is 3. The normalized spacial score (nSPS) is 13.0. The van der Waals surface area contributed by atoms with E-state index >= 15 is 0 Å². The highest BCUT2D eigenvalue weighted by molar-refractivity contribution is 5.74. The van der Waals surface area contributed by atoms with Crippen molar-refractivity contribution < 1.29 is 9.32 Å². The Balaban J connectivity index is 1.98. The van der Waals surface area contributed by atoms with Gasteiger partial charge in [0, 0.05) is 23.9 Å². The summed E-state index contributed by atoms with van der Waals surface area (Å²) < 4.78 is 7.02. The van der Waals surface area contributed by atoms with Crippen LogP contribution in [-0.2, 0) is 12.1 Å². The largest absolute Gasteiger partial charge is 0.361 e. The van der Waals surface area contributed by atoms with Crippen LogP contribution in [0.3, 0.4) is 0 Å². The summed E-state index contributed by atoms with van der Waals surface area (Å²) in [6, 6.07) is -0.365. The van der Waals surface area contributed by atoms with Gasteiger partial charge in [0.25, 0.3) is 0 Å². The van der Waals surface area contributed by atoms with Gasteiger partial charge in [-0.1, -0.05) is 5.16 Å². The van der Waals surface area contributed by atoms with E-state index in [0.717, 1.165) is 28.3 Å². The summed E-state index contributed by atoms with van der Waals surface area (Å²) in [5.74, 6) is 0.725. The molecule has 0 spiro atoms. The van der Waals surface area contributed by atoms with Gasteiger partial charge in [-0.05, 0) is 48.5 Å². The van der Waals surface area contributed by atoms with Crippen molar-refractivity contribution in [1.29, 1.82) is 0 Å². The molecule has 0 bridgehead atoms. The molecule has 0 saturated carbocycles. The first kappa shape index (κ1) is 18.0. The molecule has 2 rings (SSSR count). The van der Waals surface area contributed by atoms with Crippen LogP contribution in [-0.4, -0.2) is 21.0 Å². The summed E-state index contributed by atoms with van der Waals surface area (Å²) in [6.45, 7) is 14.3. The highest BCUT2D eigenvalue weighted by atomic mass is 16.5. The Hall–Kier alpha value is -2.31. The smallest absolute Gasteiger partial charge is 0.315 e. The maximum absolute atomic E-state index is 12.2. The Morgan fingerprint density at radius 2 is 1.96 bits per heavy atom. The van der Waals surface area contributed by atoms with Crippen molar-refractivity contribution in [2.24, 2.45) is 0 Å². The van der Waals surface area contributed by atoms with E-state index in [1.807, 2.05) is 38.6 Å². The van der Waals surface area contributed by atoms with E-state index in [4.69, 9.17) is 4.52 Å². The van der Waals surface area contributed by atoms with E-state index in [1.54, 1.807) is 0 Å². The fraction of sp³-hybridized carbons (Fsp3) is 0.588. The predicted molar refractivity (Wildman–Crippen MR) is 91.7 cm³/mol. The maximum Gasteiger partial charge on any atom is 0.315 e. The highest BCUT2D eigenvalue weighted by Crippen LogP contribution is 2.21. The number of amides is 2. The molecular formula is C17H27N5O2. The molecule has 2 heterocycles. The predicted octanol–water partition coefficient (Wildman–Crippen LogP) is 3.11. The van der Waals surface area contributed by atoms with Crippen LogP contribution in [0.5, 0.6) is 0 Å². The Morgan fingerprint density at radius 1 is 1.29 bits per heavy atom.